The molecular weight excluding hydrogens is 442 g/mol. The highest BCUT2D eigenvalue weighted by molar-refractivity contribution is 7.99. The summed E-state index contributed by atoms with van der Waals surface area (Å²) in [4.78, 5) is 9.81. The molecule has 2 heterocycles. The van der Waals surface area contributed by atoms with Crippen LogP contribution in [0, 0.1) is 0 Å². The van der Waals surface area contributed by atoms with E-state index < -0.39 is 10.0 Å². The lowest BCUT2D eigenvalue weighted by Gasteiger charge is -2.15. The Morgan fingerprint density at radius 3 is 2.44 bits per heavy atom. The van der Waals surface area contributed by atoms with Crippen LogP contribution < -0.4 is 4.72 Å². The number of hydrogen-bond donors (Lipinski definition) is 2. The summed E-state index contributed by atoms with van der Waals surface area (Å²) in [5.74, 6) is 0.0860. The van der Waals surface area contributed by atoms with Crippen molar-refractivity contribution in [3.63, 3.8) is 0 Å². The van der Waals surface area contributed by atoms with Gasteiger partial charge in [0.1, 0.15) is 10.6 Å². The maximum atomic E-state index is 12.9. The number of aromatic hydroxyl groups is 1. The Labute approximate surface area is 189 Å². The molecule has 158 valence electrons. The van der Waals surface area contributed by atoms with Gasteiger partial charge in [-0.05, 0) is 30.3 Å². The van der Waals surface area contributed by atoms with Gasteiger partial charge in [0.15, 0.2) is 0 Å². The molecule has 0 aliphatic heterocycles. The first kappa shape index (κ1) is 20.3. The van der Waals surface area contributed by atoms with Gasteiger partial charge in [-0.15, -0.1) is 0 Å². The Balaban J connectivity index is 1.64. The molecule has 6 nitrogen and oxygen atoms in total. The van der Waals surface area contributed by atoms with Gasteiger partial charge in [0, 0.05) is 39.6 Å². The highest BCUT2D eigenvalue weighted by Crippen LogP contribution is 2.44. The van der Waals surface area contributed by atoms with E-state index in [1.165, 1.54) is 30.2 Å². The molecule has 0 saturated carbocycles. The molecule has 8 heteroatoms. The number of pyridine rings is 2. The zero-order valence-corrected chi connectivity index (χ0v) is 18.3. The number of sulfonamides is 1. The van der Waals surface area contributed by atoms with Crippen molar-refractivity contribution in [3.05, 3.63) is 91.4 Å². The molecule has 0 fully saturated rings. The molecule has 2 aromatic heterocycles. The number of fused-ring (bicyclic) bond motifs is 2. The van der Waals surface area contributed by atoms with Gasteiger partial charge in [0.05, 0.1) is 16.1 Å². The summed E-state index contributed by atoms with van der Waals surface area (Å²) in [7, 11) is -3.86. The second-order valence-electron chi connectivity index (χ2n) is 7.04. The molecule has 2 N–H and O–H groups in total. The summed E-state index contributed by atoms with van der Waals surface area (Å²) in [5, 5.41) is 13.1. The third kappa shape index (κ3) is 3.74. The summed E-state index contributed by atoms with van der Waals surface area (Å²) < 4.78 is 28.5. The minimum absolute atomic E-state index is 0.0598. The molecule has 5 rings (SSSR count). The second kappa shape index (κ2) is 8.14. The Morgan fingerprint density at radius 1 is 0.844 bits per heavy atom. The van der Waals surface area contributed by atoms with Crippen molar-refractivity contribution in [2.24, 2.45) is 0 Å². The minimum atomic E-state index is -3.86. The Kier molecular flexibility index (Phi) is 5.16. The standard InChI is InChI=1S/C24H17N3O3S2/c28-24-19-10-2-1-9-18(19)20(27-32(29,30)17-8-5-12-25-15-17)14-22(24)31-21-11-3-6-16-7-4-13-26-23(16)21/h1-15,27-28H. The lowest BCUT2D eigenvalue weighted by molar-refractivity contribution is 0.469. The summed E-state index contributed by atoms with van der Waals surface area (Å²) in [6.07, 6.45) is 4.53. The molecule has 3 aromatic carbocycles. The lowest BCUT2D eigenvalue weighted by Crippen LogP contribution is -2.13. The van der Waals surface area contributed by atoms with Crippen LogP contribution in [0.2, 0.25) is 0 Å². The van der Waals surface area contributed by atoms with Gasteiger partial charge in [-0.3, -0.25) is 14.7 Å². The van der Waals surface area contributed by atoms with E-state index in [9.17, 15) is 13.5 Å². The van der Waals surface area contributed by atoms with Crippen LogP contribution in [0.15, 0.2) is 106 Å². The van der Waals surface area contributed by atoms with E-state index in [-0.39, 0.29) is 10.6 Å². The van der Waals surface area contributed by atoms with Crippen molar-refractivity contribution in [2.45, 2.75) is 14.7 Å². The van der Waals surface area contributed by atoms with E-state index in [1.807, 2.05) is 30.3 Å². The maximum Gasteiger partial charge on any atom is 0.263 e. The number of nitrogens with zero attached hydrogens (tertiary/aromatic N) is 2. The van der Waals surface area contributed by atoms with Crippen LogP contribution in [-0.4, -0.2) is 23.5 Å². The van der Waals surface area contributed by atoms with Gasteiger partial charge >= 0.3 is 0 Å². The van der Waals surface area contributed by atoms with Crippen molar-refractivity contribution in [1.82, 2.24) is 9.97 Å². The minimum Gasteiger partial charge on any atom is -0.506 e. The topological polar surface area (TPSA) is 92.2 Å². The largest absolute Gasteiger partial charge is 0.506 e. The quantitative estimate of drug-likeness (QED) is 0.340. The van der Waals surface area contributed by atoms with Crippen LogP contribution in [0.25, 0.3) is 21.7 Å². The maximum absolute atomic E-state index is 12.9. The summed E-state index contributed by atoms with van der Waals surface area (Å²) in [6, 6.07) is 21.5. The number of para-hydroxylation sites is 1. The van der Waals surface area contributed by atoms with Crippen LogP contribution in [0.5, 0.6) is 5.75 Å². The smallest absolute Gasteiger partial charge is 0.263 e. The summed E-state index contributed by atoms with van der Waals surface area (Å²) in [6.45, 7) is 0. The fourth-order valence-electron chi connectivity index (χ4n) is 3.48. The van der Waals surface area contributed by atoms with Gasteiger partial charge in [-0.1, -0.05) is 54.2 Å². The van der Waals surface area contributed by atoms with Crippen molar-refractivity contribution in [2.75, 3.05) is 4.72 Å². The molecule has 0 atom stereocenters. The van der Waals surface area contributed by atoms with Gasteiger partial charge < -0.3 is 5.11 Å². The normalized spacial score (nSPS) is 11.6. The third-order valence-electron chi connectivity index (χ3n) is 4.99. The molecule has 5 aromatic rings. The van der Waals surface area contributed by atoms with E-state index in [2.05, 4.69) is 14.7 Å². The number of phenolic OH excluding ortho intramolecular Hbond substituents is 1. The fourth-order valence-corrected chi connectivity index (χ4v) is 5.55. The predicted octanol–water partition coefficient (Wildman–Crippen LogP) is 5.44. The molecule has 0 bridgehead atoms. The van der Waals surface area contributed by atoms with Gasteiger partial charge in [0.25, 0.3) is 10.0 Å². The average molecular weight is 460 g/mol. The molecule has 0 spiro atoms. The molecule has 0 saturated heterocycles. The van der Waals surface area contributed by atoms with Crippen molar-refractivity contribution >= 4 is 49.1 Å². The zero-order chi connectivity index (χ0) is 22.1. The predicted molar refractivity (Wildman–Crippen MR) is 127 cm³/mol. The van der Waals surface area contributed by atoms with Crippen molar-refractivity contribution < 1.29 is 13.5 Å². The van der Waals surface area contributed by atoms with Crippen LogP contribution in [-0.2, 0) is 10.0 Å². The van der Waals surface area contributed by atoms with Gasteiger partial charge in [-0.2, -0.15) is 0 Å². The SMILES string of the molecule is O=S(=O)(Nc1cc(Sc2cccc3cccnc23)c(O)c2ccccc12)c1cccnc1. The van der Waals surface area contributed by atoms with E-state index >= 15 is 0 Å². The number of nitrogens with one attached hydrogen (secondary N) is 1. The Bertz CT molecular complexity index is 1550. The van der Waals surface area contributed by atoms with E-state index in [1.54, 1.807) is 42.6 Å². The number of benzene rings is 3. The third-order valence-corrected chi connectivity index (χ3v) is 7.42. The van der Waals surface area contributed by atoms with Crippen LogP contribution in [0.3, 0.4) is 0 Å². The summed E-state index contributed by atoms with van der Waals surface area (Å²) in [5.41, 5.74) is 1.18. The van der Waals surface area contributed by atoms with E-state index in [0.717, 1.165) is 15.8 Å². The van der Waals surface area contributed by atoms with Gasteiger partial charge in [0.2, 0.25) is 0 Å². The number of rotatable bonds is 5. The Hall–Kier alpha value is -3.62. The first-order chi connectivity index (χ1) is 15.5. The molecule has 0 aliphatic rings. The zero-order valence-electron chi connectivity index (χ0n) is 16.6. The number of anilines is 1. The van der Waals surface area contributed by atoms with E-state index in [0.29, 0.717) is 21.4 Å². The molecule has 0 unspecified atom stereocenters. The number of aromatic nitrogens is 2. The summed E-state index contributed by atoms with van der Waals surface area (Å²) >= 11 is 1.33. The number of phenols is 1. The molecule has 0 amide bonds. The first-order valence-electron chi connectivity index (χ1n) is 9.72. The lowest BCUT2D eigenvalue weighted by atomic mass is 10.1. The monoisotopic (exact) mass is 459 g/mol. The van der Waals surface area contributed by atoms with E-state index in [4.69, 9.17) is 0 Å². The number of hydrogen-bond acceptors (Lipinski definition) is 6. The van der Waals surface area contributed by atoms with Crippen molar-refractivity contribution in [1.29, 1.82) is 0 Å². The van der Waals surface area contributed by atoms with Gasteiger partial charge in [-0.25, -0.2) is 8.42 Å². The molecule has 32 heavy (non-hydrogen) atoms. The van der Waals surface area contributed by atoms with Crippen LogP contribution in [0.4, 0.5) is 5.69 Å². The van der Waals surface area contributed by atoms with Crippen molar-refractivity contribution in [3.8, 4) is 5.75 Å². The highest BCUT2D eigenvalue weighted by Gasteiger charge is 2.19. The first-order valence-corrected chi connectivity index (χ1v) is 12.0. The highest BCUT2D eigenvalue weighted by atomic mass is 32.2. The van der Waals surface area contributed by atoms with Crippen LogP contribution in [0.1, 0.15) is 0 Å². The molecular formula is C24H17N3O3S2. The molecule has 0 radical (unpaired) electrons. The average Bonchev–Trinajstić information content (AvgIpc) is 2.83. The molecule has 0 aliphatic carbocycles. The Morgan fingerprint density at radius 2 is 1.62 bits per heavy atom. The fraction of sp³-hybridized carbons (Fsp3) is 0. The van der Waals surface area contributed by atoms with Crippen LogP contribution >= 0.6 is 11.8 Å². The second-order valence-corrected chi connectivity index (χ2v) is 9.81.